The highest BCUT2D eigenvalue weighted by Gasteiger charge is 2.20. The van der Waals surface area contributed by atoms with Crippen LogP contribution >= 0.6 is 11.8 Å². The maximum Gasteiger partial charge on any atom is 0.176 e. The predicted molar refractivity (Wildman–Crippen MR) is 94.4 cm³/mol. The van der Waals surface area contributed by atoms with Crippen LogP contribution in [-0.4, -0.2) is 46.9 Å². The Bertz CT molecular complexity index is 505. The fourth-order valence-electron chi connectivity index (χ4n) is 2.77. The highest BCUT2D eigenvalue weighted by molar-refractivity contribution is 7.99. The molecule has 0 radical (unpaired) electrons. The van der Waals surface area contributed by atoms with Crippen molar-refractivity contribution in [1.29, 1.82) is 0 Å². The van der Waals surface area contributed by atoms with E-state index in [2.05, 4.69) is 32.6 Å². The van der Waals surface area contributed by atoms with E-state index in [0.29, 0.717) is 12.3 Å². The number of Topliss-reactive ketones (excluding diaryl/α,β-unsaturated/α-hetero) is 1. The van der Waals surface area contributed by atoms with Gasteiger partial charge in [0.15, 0.2) is 5.78 Å². The molecule has 22 heavy (non-hydrogen) atoms. The van der Waals surface area contributed by atoms with Crippen molar-refractivity contribution < 1.29 is 9.90 Å². The highest BCUT2D eigenvalue weighted by atomic mass is 32.2. The topological polar surface area (TPSA) is 40.5 Å². The fourth-order valence-corrected chi connectivity index (χ4v) is 3.75. The molecule has 2 rings (SSSR count). The molecule has 1 N–H and O–H groups in total. The minimum atomic E-state index is 0.163. The first kappa shape index (κ1) is 17.4. The zero-order valence-corrected chi connectivity index (χ0v) is 14.9. The van der Waals surface area contributed by atoms with Crippen LogP contribution in [0.3, 0.4) is 0 Å². The predicted octanol–water partition coefficient (Wildman–Crippen LogP) is 3.87. The molecule has 1 aliphatic heterocycles. The van der Waals surface area contributed by atoms with Crippen molar-refractivity contribution in [2.75, 3.05) is 31.1 Å². The summed E-state index contributed by atoms with van der Waals surface area (Å²) in [6, 6.07) is 3.76. The van der Waals surface area contributed by atoms with Gasteiger partial charge in [-0.25, -0.2) is 0 Å². The van der Waals surface area contributed by atoms with Gasteiger partial charge in [0.05, 0.1) is 6.54 Å². The van der Waals surface area contributed by atoms with Gasteiger partial charge in [-0.3, -0.25) is 9.69 Å². The van der Waals surface area contributed by atoms with Crippen LogP contribution in [0.4, 0.5) is 0 Å². The van der Waals surface area contributed by atoms with Crippen molar-refractivity contribution in [3.8, 4) is 5.75 Å². The number of rotatable bonds is 5. The number of hydrogen-bond donors (Lipinski definition) is 1. The van der Waals surface area contributed by atoms with E-state index in [1.807, 2.05) is 23.9 Å². The van der Waals surface area contributed by atoms with Crippen LogP contribution in [0.15, 0.2) is 12.1 Å². The number of carbonyl (C=O) groups excluding carboxylic acids is 1. The molecule has 0 unspecified atom stereocenters. The second kappa shape index (κ2) is 7.51. The van der Waals surface area contributed by atoms with Gasteiger partial charge in [0.25, 0.3) is 0 Å². The van der Waals surface area contributed by atoms with Gasteiger partial charge in [-0.05, 0) is 35.1 Å². The number of thioether (sulfide) groups is 1. The van der Waals surface area contributed by atoms with Gasteiger partial charge in [-0.2, -0.15) is 11.8 Å². The molecule has 1 saturated heterocycles. The third-order valence-corrected chi connectivity index (χ3v) is 5.15. The third kappa shape index (κ3) is 4.05. The number of aromatic hydroxyl groups is 1. The summed E-state index contributed by atoms with van der Waals surface area (Å²) in [6.07, 6.45) is 0. The molecule has 3 nitrogen and oxygen atoms in total. The van der Waals surface area contributed by atoms with Crippen LogP contribution in [0.25, 0.3) is 0 Å². The minimum absolute atomic E-state index is 0.163. The molecular weight excluding hydrogens is 294 g/mol. The number of ketones is 1. The van der Waals surface area contributed by atoms with E-state index in [-0.39, 0.29) is 17.6 Å². The lowest BCUT2D eigenvalue weighted by molar-refractivity contribution is 0.0937. The SMILES string of the molecule is CC(C)c1cc(C(=O)CN2CCSCC2)cc(C(C)C)c1O. The molecule has 1 aromatic rings. The monoisotopic (exact) mass is 321 g/mol. The van der Waals surface area contributed by atoms with Crippen LogP contribution in [0.2, 0.25) is 0 Å². The summed E-state index contributed by atoms with van der Waals surface area (Å²) in [6.45, 7) is 10.7. The summed E-state index contributed by atoms with van der Waals surface area (Å²) in [5.41, 5.74) is 2.50. The van der Waals surface area contributed by atoms with E-state index < -0.39 is 0 Å². The number of carbonyl (C=O) groups is 1. The second-order valence-electron chi connectivity index (χ2n) is 6.62. The molecule has 0 spiro atoms. The lowest BCUT2D eigenvalue weighted by Crippen LogP contribution is -2.36. The van der Waals surface area contributed by atoms with Crippen molar-refractivity contribution >= 4 is 17.5 Å². The van der Waals surface area contributed by atoms with Crippen LogP contribution in [0.5, 0.6) is 5.75 Å². The average Bonchev–Trinajstić information content (AvgIpc) is 2.47. The molecule has 0 amide bonds. The molecule has 1 aliphatic rings. The Kier molecular flexibility index (Phi) is 5.93. The van der Waals surface area contributed by atoms with Crippen LogP contribution in [-0.2, 0) is 0 Å². The van der Waals surface area contributed by atoms with Crippen molar-refractivity contribution in [2.24, 2.45) is 0 Å². The van der Waals surface area contributed by atoms with Crippen LogP contribution < -0.4 is 0 Å². The number of phenols is 1. The van der Waals surface area contributed by atoms with Gasteiger partial charge in [0.1, 0.15) is 5.75 Å². The van der Waals surface area contributed by atoms with Gasteiger partial charge in [0, 0.05) is 30.2 Å². The Morgan fingerprint density at radius 1 is 1.14 bits per heavy atom. The average molecular weight is 321 g/mol. The fraction of sp³-hybridized carbons (Fsp3) is 0.611. The molecule has 4 heteroatoms. The molecule has 1 fully saturated rings. The van der Waals surface area contributed by atoms with Gasteiger partial charge in [-0.1, -0.05) is 27.7 Å². The molecule has 0 aromatic heterocycles. The molecule has 1 heterocycles. The summed E-state index contributed by atoms with van der Waals surface area (Å²) >= 11 is 1.95. The van der Waals surface area contributed by atoms with Gasteiger partial charge in [-0.15, -0.1) is 0 Å². The first-order valence-electron chi connectivity index (χ1n) is 8.10. The van der Waals surface area contributed by atoms with Crippen LogP contribution in [0.1, 0.15) is 61.0 Å². The molecule has 0 aliphatic carbocycles. The maximum atomic E-state index is 12.6. The smallest absolute Gasteiger partial charge is 0.176 e. The lowest BCUT2D eigenvalue weighted by atomic mass is 9.90. The summed E-state index contributed by atoms with van der Waals surface area (Å²) in [5.74, 6) is 3.15. The summed E-state index contributed by atoms with van der Waals surface area (Å²) < 4.78 is 0. The molecule has 1 aromatic carbocycles. The van der Waals surface area contributed by atoms with E-state index in [4.69, 9.17) is 0 Å². The first-order chi connectivity index (χ1) is 10.4. The quantitative estimate of drug-likeness (QED) is 0.836. The van der Waals surface area contributed by atoms with E-state index in [1.54, 1.807) is 0 Å². The van der Waals surface area contributed by atoms with Crippen LogP contribution in [0, 0.1) is 0 Å². The Hall–Kier alpha value is -1.00. The largest absolute Gasteiger partial charge is 0.507 e. The van der Waals surface area contributed by atoms with Crippen molar-refractivity contribution in [2.45, 2.75) is 39.5 Å². The number of nitrogens with zero attached hydrogens (tertiary/aromatic N) is 1. The van der Waals surface area contributed by atoms with E-state index in [1.165, 1.54) is 0 Å². The normalized spacial score (nSPS) is 16.5. The molecule has 0 atom stereocenters. The van der Waals surface area contributed by atoms with Crippen molar-refractivity contribution in [3.05, 3.63) is 28.8 Å². The second-order valence-corrected chi connectivity index (χ2v) is 7.85. The summed E-state index contributed by atoms with van der Waals surface area (Å²) in [5, 5.41) is 10.4. The molecule has 122 valence electrons. The van der Waals surface area contributed by atoms with Gasteiger partial charge < -0.3 is 5.11 Å². The molecule has 0 saturated carbocycles. The van der Waals surface area contributed by atoms with E-state index in [9.17, 15) is 9.90 Å². The first-order valence-corrected chi connectivity index (χ1v) is 9.25. The Labute approximate surface area is 138 Å². The van der Waals surface area contributed by atoms with Gasteiger partial charge in [0.2, 0.25) is 0 Å². The highest BCUT2D eigenvalue weighted by Crippen LogP contribution is 2.35. The summed E-state index contributed by atoms with van der Waals surface area (Å²) in [4.78, 5) is 14.9. The van der Waals surface area contributed by atoms with Crippen molar-refractivity contribution in [3.63, 3.8) is 0 Å². The van der Waals surface area contributed by atoms with E-state index in [0.717, 1.165) is 41.3 Å². The van der Waals surface area contributed by atoms with E-state index >= 15 is 0 Å². The standard InChI is InChI=1S/C18H27NO2S/c1-12(2)15-9-14(10-16(13(3)4)18(15)21)17(20)11-19-5-7-22-8-6-19/h9-10,12-13,21H,5-8,11H2,1-4H3. The van der Waals surface area contributed by atoms with Crippen molar-refractivity contribution in [1.82, 2.24) is 4.90 Å². The number of benzene rings is 1. The Balaban J connectivity index is 2.27. The zero-order chi connectivity index (χ0) is 16.3. The third-order valence-electron chi connectivity index (χ3n) is 4.21. The lowest BCUT2D eigenvalue weighted by Gasteiger charge is -2.25. The molecule has 0 bridgehead atoms. The number of hydrogen-bond acceptors (Lipinski definition) is 4. The Morgan fingerprint density at radius 2 is 1.64 bits per heavy atom. The number of phenolic OH excluding ortho intramolecular Hbond substituents is 1. The minimum Gasteiger partial charge on any atom is -0.507 e. The maximum absolute atomic E-state index is 12.6. The zero-order valence-electron chi connectivity index (χ0n) is 14.1. The van der Waals surface area contributed by atoms with Gasteiger partial charge >= 0.3 is 0 Å². The summed E-state index contributed by atoms with van der Waals surface area (Å²) in [7, 11) is 0. The molecular formula is C18H27NO2S. The Morgan fingerprint density at radius 3 is 2.09 bits per heavy atom.